The number of rotatable bonds is 8. The number of piperidine rings is 1. The molecule has 2 aromatic carbocycles. The number of carbonyl (C=O) groups excluding carboxylic acids is 1. The molecule has 2 aliphatic rings. The second-order valence-corrected chi connectivity index (χ2v) is 10.9. The molecule has 210 valence electrons. The van der Waals surface area contributed by atoms with Crippen LogP contribution in [0.15, 0.2) is 46.0 Å². The summed E-state index contributed by atoms with van der Waals surface area (Å²) in [5.41, 5.74) is 9.81. The molecule has 0 saturated carbocycles. The minimum atomic E-state index is -0.172. The summed E-state index contributed by atoms with van der Waals surface area (Å²) in [4.78, 5) is 31.3. The van der Waals surface area contributed by atoms with Gasteiger partial charge in [0.15, 0.2) is 11.5 Å². The van der Waals surface area contributed by atoms with Crippen LogP contribution in [0.25, 0.3) is 0 Å². The van der Waals surface area contributed by atoms with E-state index in [0.717, 1.165) is 40.7 Å². The molecule has 3 heterocycles. The Morgan fingerprint density at radius 2 is 1.85 bits per heavy atom. The number of aliphatic imine (C=N–C) groups is 1. The van der Waals surface area contributed by atoms with Gasteiger partial charge in [-0.15, -0.1) is 0 Å². The molecule has 5 rings (SSSR count). The van der Waals surface area contributed by atoms with Gasteiger partial charge in [0.1, 0.15) is 11.5 Å². The highest BCUT2D eigenvalue weighted by molar-refractivity contribution is 9.10. The molecule has 1 aromatic heterocycles. The van der Waals surface area contributed by atoms with Gasteiger partial charge < -0.3 is 19.9 Å². The molecule has 10 nitrogen and oxygen atoms in total. The first kappa shape index (κ1) is 27.9. The van der Waals surface area contributed by atoms with Crippen molar-refractivity contribution < 1.29 is 19.0 Å². The van der Waals surface area contributed by atoms with Crippen molar-refractivity contribution in [2.45, 2.75) is 38.6 Å². The molecule has 0 radical (unpaired) electrons. The minimum Gasteiger partial charge on any atom is -0.493 e. The van der Waals surface area contributed by atoms with E-state index < -0.39 is 0 Å². The van der Waals surface area contributed by atoms with Crippen LogP contribution in [-0.4, -0.2) is 67.1 Å². The maximum atomic E-state index is 13.7. The number of benzene rings is 2. The monoisotopic (exact) mass is 608 g/mol. The number of nitrogens with zero attached hydrogens (tertiary/aromatic N) is 5. The van der Waals surface area contributed by atoms with E-state index in [4.69, 9.17) is 19.9 Å². The van der Waals surface area contributed by atoms with Crippen LogP contribution in [0, 0.1) is 0 Å². The van der Waals surface area contributed by atoms with Gasteiger partial charge in [-0.25, -0.2) is 9.98 Å². The first-order valence-electron chi connectivity index (χ1n) is 13.2. The Morgan fingerprint density at radius 1 is 1.10 bits per heavy atom. The average Bonchev–Trinajstić information content (AvgIpc) is 3.20. The maximum absolute atomic E-state index is 13.7. The zero-order chi connectivity index (χ0) is 28.4. The molecule has 2 aliphatic heterocycles. The van der Waals surface area contributed by atoms with E-state index in [1.54, 1.807) is 32.4 Å². The predicted octanol–water partition coefficient (Wildman–Crippen LogP) is 4.74. The fourth-order valence-corrected chi connectivity index (χ4v) is 5.60. The van der Waals surface area contributed by atoms with E-state index in [0.29, 0.717) is 47.7 Å². The summed E-state index contributed by atoms with van der Waals surface area (Å²) in [7, 11) is 4.70. The number of hydrogen-bond donors (Lipinski definition) is 1. The average molecular weight is 610 g/mol. The molecule has 0 bridgehead atoms. The van der Waals surface area contributed by atoms with Crippen molar-refractivity contribution in [3.05, 3.63) is 57.7 Å². The zero-order valence-electron chi connectivity index (χ0n) is 23.1. The minimum absolute atomic E-state index is 0.133. The molecule has 2 N–H and O–H groups in total. The van der Waals surface area contributed by atoms with E-state index >= 15 is 0 Å². The molecule has 1 unspecified atom stereocenters. The first-order valence-corrected chi connectivity index (χ1v) is 14.0. The van der Waals surface area contributed by atoms with Gasteiger partial charge in [0.25, 0.3) is 11.9 Å². The van der Waals surface area contributed by atoms with Crippen molar-refractivity contribution in [2.24, 2.45) is 4.99 Å². The highest BCUT2D eigenvalue weighted by Crippen LogP contribution is 2.39. The first-order chi connectivity index (χ1) is 19.3. The van der Waals surface area contributed by atoms with Crippen LogP contribution >= 0.6 is 15.9 Å². The number of ether oxygens (including phenoxy) is 3. The quantitative estimate of drug-likeness (QED) is 0.390. The van der Waals surface area contributed by atoms with Crippen molar-refractivity contribution in [3.63, 3.8) is 0 Å². The van der Waals surface area contributed by atoms with Crippen LogP contribution in [0.1, 0.15) is 42.9 Å². The second kappa shape index (κ2) is 11.8. The molecule has 1 saturated heterocycles. The Bertz CT molecular complexity index is 1440. The smallest absolute Gasteiger partial charge is 0.278 e. The fourth-order valence-electron chi connectivity index (χ4n) is 5.24. The number of halogens is 1. The second-order valence-electron chi connectivity index (χ2n) is 9.94. The Hall–Kier alpha value is -3.70. The summed E-state index contributed by atoms with van der Waals surface area (Å²) in [5, 5.41) is 0. The maximum Gasteiger partial charge on any atom is 0.278 e. The molecule has 40 heavy (non-hydrogen) atoms. The van der Waals surface area contributed by atoms with E-state index in [-0.39, 0.29) is 17.7 Å². The van der Waals surface area contributed by atoms with Crippen molar-refractivity contribution in [1.29, 1.82) is 0 Å². The lowest BCUT2D eigenvalue weighted by Gasteiger charge is -2.36. The van der Waals surface area contributed by atoms with Gasteiger partial charge in [-0.05, 0) is 55.7 Å². The summed E-state index contributed by atoms with van der Waals surface area (Å²) in [5.74, 6) is 1.85. The van der Waals surface area contributed by atoms with E-state index in [9.17, 15) is 4.79 Å². The Morgan fingerprint density at radius 3 is 2.50 bits per heavy atom. The number of fused-ring (bicyclic) bond motifs is 1. The summed E-state index contributed by atoms with van der Waals surface area (Å²) in [6.07, 6.45) is 5.56. The summed E-state index contributed by atoms with van der Waals surface area (Å²) >= 11 is 3.54. The number of hydrogen-bond acceptors (Lipinski definition) is 9. The Kier molecular flexibility index (Phi) is 8.22. The molecule has 11 heteroatoms. The highest BCUT2D eigenvalue weighted by Gasteiger charge is 2.36. The molecule has 0 spiro atoms. The van der Waals surface area contributed by atoms with Gasteiger partial charge in [-0.2, -0.15) is 4.98 Å². The van der Waals surface area contributed by atoms with Gasteiger partial charge >= 0.3 is 0 Å². The zero-order valence-corrected chi connectivity index (χ0v) is 24.7. The third-order valence-corrected chi connectivity index (χ3v) is 7.93. The van der Waals surface area contributed by atoms with Gasteiger partial charge in [-0.1, -0.05) is 22.4 Å². The number of anilines is 2. The number of carbonyl (C=O) groups is 1. The van der Waals surface area contributed by atoms with Crippen molar-refractivity contribution in [1.82, 2.24) is 14.9 Å². The van der Waals surface area contributed by atoms with Crippen molar-refractivity contribution >= 4 is 45.0 Å². The van der Waals surface area contributed by atoms with Crippen molar-refractivity contribution in [2.75, 3.05) is 45.2 Å². The normalized spacial score (nSPS) is 18.2. The van der Waals surface area contributed by atoms with Crippen molar-refractivity contribution in [3.8, 4) is 17.2 Å². The topological polar surface area (TPSA) is 115 Å². The molecule has 1 amide bonds. The van der Waals surface area contributed by atoms with Gasteiger partial charge in [-0.3, -0.25) is 14.6 Å². The molecule has 3 aromatic rings. The summed E-state index contributed by atoms with van der Waals surface area (Å²) in [6, 6.07) is 9.94. The summed E-state index contributed by atoms with van der Waals surface area (Å²) < 4.78 is 17.2. The number of nitrogen functional groups attached to an aromatic ring is 1. The van der Waals surface area contributed by atoms with E-state index in [1.165, 1.54) is 6.42 Å². The number of nitrogens with two attached hydrogens (primary N) is 1. The lowest BCUT2D eigenvalue weighted by atomic mass is 10.0. The van der Waals surface area contributed by atoms with E-state index in [2.05, 4.69) is 42.7 Å². The Labute approximate surface area is 242 Å². The molecule has 1 atom stereocenters. The number of aromatic nitrogens is 2. The lowest BCUT2D eigenvalue weighted by molar-refractivity contribution is -0.112. The third-order valence-electron chi connectivity index (χ3n) is 7.43. The molecular weight excluding hydrogens is 576 g/mol. The van der Waals surface area contributed by atoms with Crippen LogP contribution in [0.2, 0.25) is 0 Å². The molecule has 1 fully saturated rings. The summed E-state index contributed by atoms with van der Waals surface area (Å²) in [6.45, 7) is 3.70. The van der Waals surface area contributed by atoms with Crippen LogP contribution in [-0.2, 0) is 11.2 Å². The van der Waals surface area contributed by atoms with E-state index in [1.807, 2.05) is 30.3 Å². The molecule has 0 aliphatic carbocycles. The highest BCUT2D eigenvalue weighted by atomic mass is 79.9. The van der Waals surface area contributed by atoms with Crippen LogP contribution < -0.4 is 24.8 Å². The predicted molar refractivity (Wildman–Crippen MR) is 158 cm³/mol. The van der Waals surface area contributed by atoms with Crippen LogP contribution in [0.4, 0.5) is 17.5 Å². The van der Waals surface area contributed by atoms with Crippen LogP contribution in [0.3, 0.4) is 0 Å². The Balaban J connectivity index is 1.43. The third kappa shape index (κ3) is 5.48. The number of likely N-dealkylation sites (tertiary alicyclic amines) is 1. The van der Waals surface area contributed by atoms with Gasteiger partial charge in [0.2, 0.25) is 5.75 Å². The fraction of sp³-hybridized carbons (Fsp3) is 0.379. The molecular formula is C29H33BrN6O4. The SMILES string of the molecule is COc1cc(Cc2cnc(/N=C3\C(=O)N(CN4CCCCC4C)c4ccc(Br)cc43)nc2N)cc(OC)c1OC. The number of amides is 1. The standard InChI is InChI=1S/C29H33BrN6O4/c1-17-7-5-6-10-35(17)16-36-22-9-8-20(30)14-21(22)25(28(36)37)33-29-32-15-19(27(31)34-29)11-18-12-23(38-2)26(40-4)24(13-18)39-3/h8-9,12-15,17H,5-7,10-11,16H2,1-4H3,(H2,31,32,34)/b33-25-. The lowest BCUT2D eigenvalue weighted by Crippen LogP contribution is -2.47. The van der Waals surface area contributed by atoms with Gasteiger partial charge in [0, 0.05) is 40.8 Å². The van der Waals surface area contributed by atoms with Gasteiger partial charge in [0.05, 0.1) is 33.7 Å². The number of methoxy groups -OCH3 is 3. The van der Waals surface area contributed by atoms with Crippen LogP contribution in [0.5, 0.6) is 17.2 Å². The largest absolute Gasteiger partial charge is 0.493 e.